The van der Waals surface area contributed by atoms with Gasteiger partial charge in [-0.25, -0.2) is 4.79 Å². The van der Waals surface area contributed by atoms with Gasteiger partial charge in [-0.3, -0.25) is 0 Å². The number of carboxylic acid groups (broad SMARTS) is 1. The Morgan fingerprint density at radius 1 is 1.70 bits per heavy atom. The predicted molar refractivity (Wildman–Crippen MR) is 44.7 cm³/mol. The molecule has 58 valence electrons. The van der Waals surface area contributed by atoms with Crippen LogP contribution in [0.3, 0.4) is 0 Å². The Kier molecular flexibility index (Phi) is 4.01. The first-order valence-corrected chi connectivity index (χ1v) is 7.09. The molecule has 0 aromatic rings. The first-order valence-electron chi connectivity index (χ1n) is 2.78. The molecule has 0 aromatic carbocycles. The van der Waals surface area contributed by atoms with Crippen LogP contribution in [0, 0.1) is 0 Å². The van der Waals surface area contributed by atoms with Crippen molar-refractivity contribution < 1.29 is 9.90 Å². The monoisotopic (exact) mass is 198 g/mol. The van der Waals surface area contributed by atoms with Crippen LogP contribution >= 0.6 is 22.2 Å². The number of carboxylic acids is 1. The number of rotatable bonds is 3. The van der Waals surface area contributed by atoms with Gasteiger partial charge >= 0.3 is 5.97 Å². The normalized spacial score (nSPS) is 12.3. The summed E-state index contributed by atoms with van der Waals surface area (Å²) in [7, 11) is 0. The molecule has 0 spiro atoms. The summed E-state index contributed by atoms with van der Waals surface area (Å²) in [5.41, 5.74) is 1.39. The second kappa shape index (κ2) is 4.01. The summed E-state index contributed by atoms with van der Waals surface area (Å²) in [5, 5.41) is 8.19. The number of hydrogen-bond acceptors (Lipinski definition) is 1. The summed E-state index contributed by atoms with van der Waals surface area (Å²) < 4.78 is 0. The van der Waals surface area contributed by atoms with Gasteiger partial charge in [0.05, 0.1) is 0 Å². The van der Waals surface area contributed by atoms with Gasteiger partial charge in [0, 0.05) is 6.08 Å². The summed E-state index contributed by atoms with van der Waals surface area (Å²) >= 11 is 11.4. The van der Waals surface area contributed by atoms with Crippen molar-refractivity contribution in [1.29, 1.82) is 0 Å². The van der Waals surface area contributed by atoms with Crippen LogP contribution in [-0.4, -0.2) is 17.8 Å². The third kappa shape index (κ3) is 4.85. The van der Waals surface area contributed by atoms with Crippen LogP contribution < -0.4 is 0 Å². The van der Waals surface area contributed by atoms with E-state index in [4.69, 9.17) is 27.3 Å². The lowest BCUT2D eigenvalue weighted by Gasteiger charge is -2.05. The Morgan fingerprint density at radius 2 is 2.20 bits per heavy atom. The van der Waals surface area contributed by atoms with Crippen molar-refractivity contribution in [3.63, 3.8) is 0 Å². The Labute approximate surface area is 69.9 Å². The topological polar surface area (TPSA) is 37.3 Å². The zero-order valence-corrected chi connectivity index (χ0v) is 7.99. The van der Waals surface area contributed by atoms with Crippen molar-refractivity contribution >= 4 is 34.8 Å². The molecule has 0 radical (unpaired) electrons. The molecule has 0 aromatic heterocycles. The van der Waals surface area contributed by atoms with Crippen molar-refractivity contribution in [3.8, 4) is 0 Å². The van der Waals surface area contributed by atoms with E-state index in [9.17, 15) is 4.79 Å². The molecule has 0 atom stereocenters. The second-order valence-corrected chi connectivity index (χ2v) is 8.98. The highest BCUT2D eigenvalue weighted by atomic mass is 35.7. The van der Waals surface area contributed by atoms with E-state index >= 15 is 0 Å². The predicted octanol–water partition coefficient (Wildman–Crippen LogP) is 2.11. The summed E-state index contributed by atoms with van der Waals surface area (Å²) in [5.74, 6) is -1.01. The Bertz CT molecular complexity index is 156. The molecule has 1 N–H and O–H groups in total. The van der Waals surface area contributed by atoms with Crippen molar-refractivity contribution in [1.82, 2.24) is 0 Å². The molecule has 10 heavy (non-hydrogen) atoms. The fourth-order valence-corrected chi connectivity index (χ4v) is 1.31. The van der Waals surface area contributed by atoms with E-state index in [0.29, 0.717) is 6.04 Å². The van der Waals surface area contributed by atoms with Gasteiger partial charge in [0.15, 0.2) is 0 Å². The van der Waals surface area contributed by atoms with E-state index in [1.54, 1.807) is 0 Å². The lowest BCUT2D eigenvalue weighted by atomic mass is 10.7. The molecule has 5 heteroatoms. The maximum absolute atomic E-state index is 9.98. The second-order valence-electron chi connectivity index (χ2n) is 1.79. The van der Waals surface area contributed by atoms with Gasteiger partial charge in [0.1, 0.15) is 0 Å². The van der Waals surface area contributed by atoms with Gasteiger partial charge in [-0.15, -0.1) is 22.2 Å². The van der Waals surface area contributed by atoms with Crippen LogP contribution in [0.1, 0.15) is 6.92 Å². The molecule has 0 fully saturated rings. The molecule has 0 saturated carbocycles. The highest BCUT2D eigenvalue weighted by Gasteiger charge is 2.21. The lowest BCUT2D eigenvalue weighted by molar-refractivity contribution is -0.131. The number of halogens is 2. The Balaban J connectivity index is 3.99. The first kappa shape index (κ1) is 10.0. The van der Waals surface area contributed by atoms with Crippen molar-refractivity contribution in [3.05, 3.63) is 11.8 Å². The largest absolute Gasteiger partial charge is 0.478 e. The standard InChI is InChI=1S/C5H8Cl2O2Si/c1-2-10(6,7)4-3-5(8)9/h3-4H,2H2,1H3,(H,8,9). The molecule has 0 rings (SSSR count). The Hall–Kier alpha value is 0.00688. The molecule has 0 saturated heterocycles. The Morgan fingerprint density at radius 3 is 2.50 bits per heavy atom. The third-order valence-corrected chi connectivity index (χ3v) is 4.90. The lowest BCUT2D eigenvalue weighted by Crippen LogP contribution is -2.13. The van der Waals surface area contributed by atoms with Crippen LogP contribution in [0.2, 0.25) is 6.04 Å². The molecule has 2 nitrogen and oxygen atoms in total. The number of aliphatic carboxylic acids is 1. The van der Waals surface area contributed by atoms with Gasteiger partial charge in [-0.1, -0.05) is 12.6 Å². The van der Waals surface area contributed by atoms with Crippen LogP contribution in [0.15, 0.2) is 11.8 Å². The molecular formula is C5H8Cl2O2Si. The zero-order chi connectivity index (χ0) is 8.20. The summed E-state index contributed by atoms with van der Waals surface area (Å²) in [6.07, 6.45) is 0.996. The van der Waals surface area contributed by atoms with Crippen molar-refractivity contribution in [2.45, 2.75) is 13.0 Å². The van der Waals surface area contributed by atoms with Crippen LogP contribution in [0.5, 0.6) is 0 Å². The average molecular weight is 199 g/mol. The van der Waals surface area contributed by atoms with Gasteiger partial charge in [-0.05, 0) is 6.04 Å². The minimum absolute atomic E-state index is 0.625. The fourth-order valence-electron chi connectivity index (χ4n) is 0.311. The molecule has 0 aliphatic carbocycles. The highest BCUT2D eigenvalue weighted by Crippen LogP contribution is 2.20. The van der Waals surface area contributed by atoms with E-state index < -0.39 is 12.7 Å². The van der Waals surface area contributed by atoms with E-state index in [1.165, 1.54) is 5.70 Å². The summed E-state index contributed by atoms with van der Waals surface area (Å²) in [4.78, 5) is 9.98. The SMILES string of the molecule is CC[Si](Cl)(Cl)C=CC(=O)O. The third-order valence-electron chi connectivity index (χ3n) is 0.941. The molecule has 0 unspecified atom stereocenters. The van der Waals surface area contributed by atoms with Crippen LogP contribution in [0.4, 0.5) is 0 Å². The van der Waals surface area contributed by atoms with Gasteiger partial charge in [0.25, 0.3) is 6.69 Å². The van der Waals surface area contributed by atoms with E-state index in [0.717, 1.165) is 6.08 Å². The highest BCUT2D eigenvalue weighted by molar-refractivity contribution is 7.47. The number of hydrogen-bond donors (Lipinski definition) is 1. The molecule has 0 amide bonds. The van der Waals surface area contributed by atoms with E-state index in [-0.39, 0.29) is 0 Å². The van der Waals surface area contributed by atoms with E-state index in [2.05, 4.69) is 0 Å². The van der Waals surface area contributed by atoms with Crippen molar-refractivity contribution in [2.75, 3.05) is 0 Å². The van der Waals surface area contributed by atoms with Crippen LogP contribution in [0.25, 0.3) is 0 Å². The van der Waals surface area contributed by atoms with Gasteiger partial charge in [-0.2, -0.15) is 0 Å². The minimum Gasteiger partial charge on any atom is -0.478 e. The maximum atomic E-state index is 9.98. The molecule has 0 aliphatic heterocycles. The summed E-state index contributed by atoms with van der Waals surface area (Å²) in [6.45, 7) is -0.525. The summed E-state index contributed by atoms with van der Waals surface area (Å²) in [6, 6.07) is 0.625. The fraction of sp³-hybridized carbons (Fsp3) is 0.400. The quantitative estimate of drug-likeness (QED) is 0.429. The first-order chi connectivity index (χ1) is 4.48. The van der Waals surface area contributed by atoms with Gasteiger partial charge < -0.3 is 5.11 Å². The molecular weight excluding hydrogens is 191 g/mol. The van der Waals surface area contributed by atoms with Gasteiger partial charge in [0.2, 0.25) is 0 Å². The zero-order valence-electron chi connectivity index (χ0n) is 5.47. The smallest absolute Gasteiger partial charge is 0.327 e. The average Bonchev–Trinajstić information content (AvgIpc) is 1.85. The number of carbonyl (C=O) groups is 1. The van der Waals surface area contributed by atoms with E-state index in [1.807, 2.05) is 6.92 Å². The molecule has 0 aliphatic rings. The molecule has 0 heterocycles. The van der Waals surface area contributed by atoms with Crippen molar-refractivity contribution in [2.24, 2.45) is 0 Å². The maximum Gasteiger partial charge on any atom is 0.327 e. The molecule has 0 bridgehead atoms. The van der Waals surface area contributed by atoms with Crippen LogP contribution in [-0.2, 0) is 4.79 Å². The minimum atomic E-state index is -2.36.